The van der Waals surface area contributed by atoms with E-state index in [2.05, 4.69) is 25.8 Å². The molecule has 2 aromatic rings. The maximum Gasteiger partial charge on any atom is 0.267 e. The zero-order valence-electron chi connectivity index (χ0n) is 11.0. The summed E-state index contributed by atoms with van der Waals surface area (Å²) in [6, 6.07) is 3.09. The number of aryl methyl sites for hydroxylation is 1. The number of nitrogens with two attached hydrogens (primary N) is 1. The summed E-state index contributed by atoms with van der Waals surface area (Å²) in [5, 5.41) is 4.19. The van der Waals surface area contributed by atoms with Crippen LogP contribution in [0, 0.1) is 6.92 Å². The van der Waals surface area contributed by atoms with Crippen molar-refractivity contribution in [3.05, 3.63) is 32.3 Å². The molecule has 0 atom stereocenters. The molecule has 3 N–H and O–H groups in total. The van der Waals surface area contributed by atoms with Crippen molar-refractivity contribution >= 4 is 60.7 Å². The smallest absolute Gasteiger partial charge is 0.267 e. The van der Waals surface area contributed by atoms with E-state index >= 15 is 0 Å². The molecule has 6 nitrogen and oxygen atoms in total. The van der Waals surface area contributed by atoms with E-state index < -0.39 is 10.0 Å². The van der Waals surface area contributed by atoms with Crippen LogP contribution in [-0.4, -0.2) is 18.2 Å². The molecule has 0 radical (unpaired) electrons. The van der Waals surface area contributed by atoms with Gasteiger partial charge >= 0.3 is 0 Å². The summed E-state index contributed by atoms with van der Waals surface area (Å²) in [7, 11) is -2.32. The first kappa shape index (κ1) is 16.4. The Hall–Kier alpha value is -0.960. The number of aromatic nitrogens is 2. The second-order valence-corrected chi connectivity index (χ2v) is 7.48. The molecule has 0 aliphatic rings. The van der Waals surface area contributed by atoms with E-state index in [0.29, 0.717) is 10.2 Å². The minimum absolute atomic E-state index is 0.0816. The van der Waals surface area contributed by atoms with Crippen LogP contribution >= 0.6 is 39.1 Å². The number of sulfonamides is 1. The van der Waals surface area contributed by atoms with Crippen LogP contribution < -0.4 is 10.5 Å². The highest BCUT2D eigenvalue weighted by molar-refractivity contribution is 9.10. The lowest BCUT2D eigenvalue weighted by atomic mass is 10.3. The van der Waals surface area contributed by atoms with E-state index in [1.165, 1.54) is 10.7 Å². The standard InChI is InChI=1S/C11H11BrCl2N4O2S/c1-5-10(11(15)16-18(5)2)21(19,20)17-7-4-3-6(12)8(13)9(7)14/h3-4,17H,1-2H3,(H2,15,16). The molecule has 0 aliphatic carbocycles. The third kappa shape index (κ3) is 2.98. The van der Waals surface area contributed by atoms with Gasteiger partial charge in [-0.1, -0.05) is 23.2 Å². The van der Waals surface area contributed by atoms with Gasteiger partial charge in [-0.05, 0) is 35.0 Å². The monoisotopic (exact) mass is 412 g/mol. The van der Waals surface area contributed by atoms with Crippen molar-refractivity contribution in [2.24, 2.45) is 7.05 Å². The Kier molecular flexibility index (Phi) is 4.44. The normalized spacial score (nSPS) is 11.7. The van der Waals surface area contributed by atoms with E-state index in [9.17, 15) is 8.42 Å². The number of benzene rings is 1. The van der Waals surface area contributed by atoms with Crippen LogP contribution in [0.4, 0.5) is 11.5 Å². The topological polar surface area (TPSA) is 90.0 Å². The fraction of sp³-hybridized carbons (Fsp3) is 0.182. The average molecular weight is 414 g/mol. The molecule has 0 fully saturated rings. The van der Waals surface area contributed by atoms with Crippen LogP contribution in [0.2, 0.25) is 10.0 Å². The van der Waals surface area contributed by atoms with Crippen molar-refractivity contribution in [2.45, 2.75) is 11.8 Å². The van der Waals surface area contributed by atoms with E-state index in [-0.39, 0.29) is 26.4 Å². The summed E-state index contributed by atoms with van der Waals surface area (Å²) >= 11 is 15.2. The number of nitrogens with one attached hydrogen (secondary N) is 1. The first-order chi connectivity index (χ1) is 9.65. The summed E-state index contributed by atoms with van der Waals surface area (Å²) in [4.78, 5) is -0.0832. The van der Waals surface area contributed by atoms with Crippen LogP contribution in [0.5, 0.6) is 0 Å². The van der Waals surface area contributed by atoms with Crippen molar-refractivity contribution in [1.82, 2.24) is 9.78 Å². The Bertz CT molecular complexity index is 820. The zero-order chi connectivity index (χ0) is 15.9. The molecular formula is C11H11BrCl2N4O2S. The second-order valence-electron chi connectivity index (χ2n) is 4.25. The van der Waals surface area contributed by atoms with Crippen LogP contribution in [0.25, 0.3) is 0 Å². The Morgan fingerprint density at radius 2 is 1.95 bits per heavy atom. The van der Waals surface area contributed by atoms with Gasteiger partial charge in [0.25, 0.3) is 10.0 Å². The molecule has 0 saturated heterocycles. The van der Waals surface area contributed by atoms with Crippen LogP contribution in [0.15, 0.2) is 21.5 Å². The Labute approximate surface area is 140 Å². The number of hydrogen-bond donors (Lipinski definition) is 2. The Morgan fingerprint density at radius 3 is 2.48 bits per heavy atom. The molecule has 21 heavy (non-hydrogen) atoms. The van der Waals surface area contributed by atoms with Gasteiger partial charge in [0.2, 0.25) is 0 Å². The third-order valence-corrected chi connectivity index (χ3v) is 6.15. The molecule has 10 heteroatoms. The fourth-order valence-electron chi connectivity index (χ4n) is 1.75. The Morgan fingerprint density at radius 1 is 1.33 bits per heavy atom. The number of nitrogens with zero attached hydrogens (tertiary/aromatic N) is 2. The summed E-state index contributed by atoms with van der Waals surface area (Å²) in [6.07, 6.45) is 0. The minimum Gasteiger partial charge on any atom is -0.381 e. The maximum atomic E-state index is 12.4. The molecule has 1 aromatic heterocycles. The molecule has 1 aromatic carbocycles. The predicted molar refractivity (Wildman–Crippen MR) is 87.3 cm³/mol. The molecule has 0 saturated carbocycles. The second kappa shape index (κ2) is 5.68. The van der Waals surface area contributed by atoms with Gasteiger partial charge < -0.3 is 5.73 Å². The number of anilines is 2. The first-order valence-corrected chi connectivity index (χ1v) is 8.63. The maximum absolute atomic E-state index is 12.4. The number of hydrogen-bond acceptors (Lipinski definition) is 4. The van der Waals surface area contributed by atoms with Gasteiger partial charge in [0.15, 0.2) is 10.7 Å². The molecule has 0 aliphatic heterocycles. The van der Waals surface area contributed by atoms with Crippen LogP contribution in [-0.2, 0) is 17.1 Å². The largest absolute Gasteiger partial charge is 0.381 e. The molecule has 0 bridgehead atoms. The summed E-state index contributed by atoms with van der Waals surface area (Å²) < 4.78 is 29.2. The third-order valence-electron chi connectivity index (χ3n) is 2.85. The highest BCUT2D eigenvalue weighted by atomic mass is 79.9. The molecule has 2 rings (SSSR count). The SMILES string of the molecule is Cc1c(S(=O)(=O)Nc2ccc(Br)c(Cl)c2Cl)c(N)nn1C. The molecular weight excluding hydrogens is 403 g/mol. The minimum atomic E-state index is -3.92. The van der Waals surface area contributed by atoms with E-state index in [1.807, 2.05) is 0 Å². The van der Waals surface area contributed by atoms with E-state index in [4.69, 9.17) is 28.9 Å². The lowest BCUT2D eigenvalue weighted by molar-refractivity contribution is 0.600. The number of nitrogen functional groups attached to an aromatic ring is 1. The molecule has 0 amide bonds. The van der Waals surface area contributed by atoms with Gasteiger partial charge in [0.05, 0.1) is 21.4 Å². The van der Waals surface area contributed by atoms with Gasteiger partial charge in [0.1, 0.15) is 0 Å². The molecule has 1 heterocycles. The fourth-order valence-corrected chi connectivity index (χ4v) is 4.02. The van der Waals surface area contributed by atoms with Gasteiger partial charge in [-0.25, -0.2) is 8.42 Å². The van der Waals surface area contributed by atoms with Crippen LogP contribution in [0.1, 0.15) is 5.69 Å². The molecule has 0 spiro atoms. The first-order valence-electron chi connectivity index (χ1n) is 5.60. The van der Waals surface area contributed by atoms with Crippen molar-refractivity contribution in [2.75, 3.05) is 10.5 Å². The van der Waals surface area contributed by atoms with Crippen molar-refractivity contribution in [3.8, 4) is 0 Å². The van der Waals surface area contributed by atoms with E-state index in [1.54, 1.807) is 20.0 Å². The van der Waals surface area contributed by atoms with Crippen molar-refractivity contribution in [1.29, 1.82) is 0 Å². The quantitative estimate of drug-likeness (QED) is 0.756. The number of rotatable bonds is 3. The van der Waals surface area contributed by atoms with Crippen molar-refractivity contribution in [3.63, 3.8) is 0 Å². The number of halogens is 3. The Balaban J connectivity index is 2.50. The zero-order valence-corrected chi connectivity index (χ0v) is 14.9. The summed E-state index contributed by atoms with van der Waals surface area (Å²) in [6.45, 7) is 1.61. The van der Waals surface area contributed by atoms with Gasteiger partial charge in [-0.2, -0.15) is 5.10 Å². The lowest BCUT2D eigenvalue weighted by Gasteiger charge is -2.11. The summed E-state index contributed by atoms with van der Waals surface area (Å²) in [5.74, 6) is -0.0816. The van der Waals surface area contributed by atoms with Crippen molar-refractivity contribution < 1.29 is 8.42 Å². The molecule has 114 valence electrons. The predicted octanol–water partition coefficient (Wildman–Crippen LogP) is 3.18. The van der Waals surface area contributed by atoms with E-state index in [0.717, 1.165) is 0 Å². The lowest BCUT2D eigenvalue weighted by Crippen LogP contribution is -2.15. The highest BCUT2D eigenvalue weighted by Gasteiger charge is 2.25. The van der Waals surface area contributed by atoms with Gasteiger partial charge in [0, 0.05) is 11.5 Å². The highest BCUT2D eigenvalue weighted by Crippen LogP contribution is 2.37. The van der Waals surface area contributed by atoms with Gasteiger partial charge in [-0.3, -0.25) is 9.40 Å². The average Bonchev–Trinajstić information content (AvgIpc) is 2.64. The summed E-state index contributed by atoms with van der Waals surface area (Å²) in [5.41, 5.74) is 6.23. The van der Waals surface area contributed by atoms with Gasteiger partial charge in [-0.15, -0.1) is 0 Å². The molecule has 0 unspecified atom stereocenters. The van der Waals surface area contributed by atoms with Crippen LogP contribution in [0.3, 0.4) is 0 Å².